The minimum Gasteiger partial charge on any atom is -0.465 e. The molecule has 0 amide bonds. The van der Waals surface area contributed by atoms with Crippen LogP contribution in [0.4, 0.5) is 0 Å². The summed E-state index contributed by atoms with van der Waals surface area (Å²) < 4.78 is 5.38. The number of hydrogen-bond acceptors (Lipinski definition) is 2. The zero-order chi connectivity index (χ0) is 8.81. The van der Waals surface area contributed by atoms with Gasteiger partial charge in [0.05, 0.1) is 6.54 Å². The van der Waals surface area contributed by atoms with Crippen LogP contribution in [0.1, 0.15) is 18.4 Å². The van der Waals surface area contributed by atoms with Crippen LogP contribution >= 0.6 is 0 Å². The summed E-state index contributed by atoms with van der Waals surface area (Å²) in [5.74, 6) is 1.97. The zero-order valence-electron chi connectivity index (χ0n) is 7.63. The maximum absolute atomic E-state index is 5.38. The highest BCUT2D eigenvalue weighted by Gasteiger charge is 1.95. The van der Waals surface area contributed by atoms with Crippen molar-refractivity contribution in [2.75, 3.05) is 6.54 Å². The van der Waals surface area contributed by atoms with Crippen LogP contribution in [-0.4, -0.2) is 6.54 Å². The topological polar surface area (TPSA) is 25.2 Å². The molecule has 2 heteroatoms. The third-order valence-corrected chi connectivity index (χ3v) is 1.59. The largest absolute Gasteiger partial charge is 0.465 e. The molecule has 1 N–H and O–H groups in total. The summed E-state index contributed by atoms with van der Waals surface area (Å²) in [6.45, 7) is 5.67. The van der Waals surface area contributed by atoms with Gasteiger partial charge in [0.1, 0.15) is 11.5 Å². The highest BCUT2D eigenvalue weighted by molar-refractivity contribution is 5.05. The summed E-state index contributed by atoms with van der Waals surface area (Å²) in [5.41, 5.74) is 0. The van der Waals surface area contributed by atoms with Gasteiger partial charge in [-0.05, 0) is 26.0 Å². The molecule has 0 atom stereocenters. The normalized spacial score (nSPS) is 11.2. The molecule has 12 heavy (non-hydrogen) atoms. The van der Waals surface area contributed by atoms with E-state index in [1.165, 1.54) is 0 Å². The fourth-order valence-electron chi connectivity index (χ4n) is 0.977. The molecule has 66 valence electrons. The monoisotopic (exact) mass is 165 g/mol. The van der Waals surface area contributed by atoms with Gasteiger partial charge in [0.25, 0.3) is 0 Å². The van der Waals surface area contributed by atoms with Crippen LogP contribution in [0.2, 0.25) is 0 Å². The first kappa shape index (κ1) is 9.07. The minimum atomic E-state index is 0.804. The zero-order valence-corrected chi connectivity index (χ0v) is 7.63. The van der Waals surface area contributed by atoms with Crippen LogP contribution in [-0.2, 0) is 6.54 Å². The third-order valence-electron chi connectivity index (χ3n) is 1.59. The van der Waals surface area contributed by atoms with Crippen molar-refractivity contribution >= 4 is 0 Å². The van der Waals surface area contributed by atoms with E-state index in [1.54, 1.807) is 0 Å². The van der Waals surface area contributed by atoms with Crippen LogP contribution in [0.15, 0.2) is 28.7 Å². The first-order valence-corrected chi connectivity index (χ1v) is 4.20. The Hall–Kier alpha value is -1.02. The van der Waals surface area contributed by atoms with Crippen LogP contribution in [0.25, 0.3) is 0 Å². The highest BCUT2D eigenvalue weighted by Crippen LogP contribution is 2.04. The maximum atomic E-state index is 5.38. The third kappa shape index (κ3) is 2.93. The van der Waals surface area contributed by atoms with E-state index in [0.29, 0.717) is 0 Å². The Morgan fingerprint density at radius 2 is 2.33 bits per heavy atom. The van der Waals surface area contributed by atoms with E-state index in [-0.39, 0.29) is 0 Å². The van der Waals surface area contributed by atoms with Crippen LogP contribution in [0.5, 0.6) is 0 Å². The van der Waals surface area contributed by atoms with Crippen molar-refractivity contribution in [1.82, 2.24) is 5.32 Å². The second-order valence-electron chi connectivity index (χ2n) is 2.71. The quantitative estimate of drug-likeness (QED) is 0.547. The smallest absolute Gasteiger partial charge is 0.117 e. The number of furan rings is 1. The van der Waals surface area contributed by atoms with Crippen molar-refractivity contribution in [1.29, 1.82) is 0 Å². The standard InChI is InChI=1S/C10H15NO/c1-3-4-7-11-8-10-6-5-9(2)12-10/h3-6,11H,7-8H2,1-2H3/b4-3+. The number of aryl methyl sites for hydroxylation is 1. The average Bonchev–Trinajstić information content (AvgIpc) is 2.45. The average molecular weight is 165 g/mol. The van der Waals surface area contributed by atoms with E-state index in [4.69, 9.17) is 4.42 Å². The van der Waals surface area contributed by atoms with E-state index in [1.807, 2.05) is 32.1 Å². The van der Waals surface area contributed by atoms with Crippen molar-refractivity contribution in [3.63, 3.8) is 0 Å². The molecule has 2 nitrogen and oxygen atoms in total. The van der Waals surface area contributed by atoms with E-state index < -0.39 is 0 Å². The summed E-state index contributed by atoms with van der Waals surface area (Å²) in [7, 11) is 0. The number of allylic oxidation sites excluding steroid dienone is 1. The highest BCUT2D eigenvalue weighted by atomic mass is 16.3. The van der Waals surface area contributed by atoms with Gasteiger partial charge in [0.15, 0.2) is 0 Å². The van der Waals surface area contributed by atoms with Crippen molar-refractivity contribution < 1.29 is 4.42 Å². The Morgan fingerprint density at radius 1 is 1.50 bits per heavy atom. The maximum Gasteiger partial charge on any atom is 0.117 e. The summed E-state index contributed by atoms with van der Waals surface area (Å²) in [4.78, 5) is 0. The Morgan fingerprint density at radius 3 is 2.92 bits per heavy atom. The van der Waals surface area contributed by atoms with Gasteiger partial charge < -0.3 is 9.73 Å². The van der Waals surface area contributed by atoms with Crippen LogP contribution in [0.3, 0.4) is 0 Å². The molecule has 0 fully saturated rings. The van der Waals surface area contributed by atoms with Gasteiger partial charge in [0.2, 0.25) is 0 Å². The summed E-state index contributed by atoms with van der Waals surface area (Å²) in [5, 5.41) is 3.24. The second-order valence-corrected chi connectivity index (χ2v) is 2.71. The lowest BCUT2D eigenvalue weighted by atomic mass is 10.4. The molecule has 0 saturated carbocycles. The minimum absolute atomic E-state index is 0.804. The second kappa shape index (κ2) is 4.78. The van der Waals surface area contributed by atoms with Crippen LogP contribution < -0.4 is 5.32 Å². The first-order valence-electron chi connectivity index (χ1n) is 4.20. The van der Waals surface area contributed by atoms with Crippen molar-refractivity contribution in [2.24, 2.45) is 0 Å². The number of hydrogen-bond donors (Lipinski definition) is 1. The molecule has 0 bridgehead atoms. The van der Waals surface area contributed by atoms with Crippen molar-refractivity contribution in [2.45, 2.75) is 20.4 Å². The van der Waals surface area contributed by atoms with Crippen molar-refractivity contribution in [3.05, 3.63) is 35.8 Å². The molecule has 0 aromatic carbocycles. The fraction of sp³-hybridized carbons (Fsp3) is 0.400. The van der Waals surface area contributed by atoms with Crippen LogP contribution in [0, 0.1) is 6.92 Å². The van der Waals surface area contributed by atoms with Gasteiger partial charge in [-0.1, -0.05) is 12.2 Å². The Balaban J connectivity index is 2.24. The molecule has 1 heterocycles. The Kier molecular flexibility index (Phi) is 3.61. The van der Waals surface area contributed by atoms with E-state index >= 15 is 0 Å². The van der Waals surface area contributed by atoms with Gasteiger partial charge in [-0.15, -0.1) is 0 Å². The lowest BCUT2D eigenvalue weighted by molar-refractivity contribution is 0.467. The van der Waals surface area contributed by atoms with Gasteiger partial charge >= 0.3 is 0 Å². The molecule has 1 aromatic heterocycles. The summed E-state index contributed by atoms with van der Waals surface area (Å²) in [6, 6.07) is 3.98. The molecular formula is C10H15NO. The first-order chi connectivity index (χ1) is 5.83. The number of nitrogens with one attached hydrogen (secondary N) is 1. The number of rotatable bonds is 4. The molecule has 0 saturated heterocycles. The SMILES string of the molecule is C/C=C/CNCc1ccc(C)o1. The molecule has 1 aromatic rings. The predicted octanol–water partition coefficient (Wildman–Crippen LogP) is 2.25. The Labute approximate surface area is 73.3 Å². The van der Waals surface area contributed by atoms with E-state index in [0.717, 1.165) is 24.6 Å². The van der Waals surface area contributed by atoms with Crippen molar-refractivity contribution in [3.8, 4) is 0 Å². The van der Waals surface area contributed by atoms with Gasteiger partial charge in [-0.25, -0.2) is 0 Å². The summed E-state index contributed by atoms with van der Waals surface area (Å²) in [6.07, 6.45) is 4.11. The lowest BCUT2D eigenvalue weighted by Crippen LogP contribution is -2.11. The predicted molar refractivity (Wildman–Crippen MR) is 50.0 cm³/mol. The van der Waals surface area contributed by atoms with E-state index in [9.17, 15) is 0 Å². The molecule has 0 aliphatic heterocycles. The molecule has 0 spiro atoms. The lowest BCUT2D eigenvalue weighted by Gasteiger charge is -1.96. The van der Waals surface area contributed by atoms with E-state index in [2.05, 4.69) is 11.4 Å². The molecule has 0 radical (unpaired) electrons. The van der Waals surface area contributed by atoms with Gasteiger partial charge in [0, 0.05) is 6.54 Å². The molecule has 0 aliphatic carbocycles. The molecule has 0 aliphatic rings. The summed E-state index contributed by atoms with van der Waals surface area (Å²) >= 11 is 0. The Bertz CT molecular complexity index is 250. The molecule has 1 rings (SSSR count). The fourth-order valence-corrected chi connectivity index (χ4v) is 0.977. The van der Waals surface area contributed by atoms with Gasteiger partial charge in [-0.2, -0.15) is 0 Å². The molecular weight excluding hydrogens is 150 g/mol. The van der Waals surface area contributed by atoms with Gasteiger partial charge in [-0.3, -0.25) is 0 Å². The molecule has 0 unspecified atom stereocenters.